The molecule has 1 aromatic carbocycles. The number of likely N-dealkylation sites (N-methyl/N-ethyl adjacent to an activating group) is 1. The van der Waals surface area contributed by atoms with E-state index in [0.717, 1.165) is 42.8 Å². The molecule has 0 N–H and O–H groups in total. The van der Waals surface area contributed by atoms with E-state index in [2.05, 4.69) is 46.1 Å². The lowest BCUT2D eigenvalue weighted by Gasteiger charge is -2.29. The summed E-state index contributed by atoms with van der Waals surface area (Å²) in [6.45, 7) is 9.01. The molecule has 1 aromatic heterocycles. The molecule has 2 aromatic rings. The molecule has 2 heterocycles. The molecule has 2 amide bonds. The summed E-state index contributed by atoms with van der Waals surface area (Å²) in [5.41, 5.74) is 2.12. The molecule has 30 heavy (non-hydrogen) atoms. The number of rotatable bonds is 9. The van der Waals surface area contributed by atoms with Crippen molar-refractivity contribution in [3.05, 3.63) is 50.6 Å². The molecule has 1 aliphatic heterocycles. The minimum Gasteiger partial charge on any atom is -0.338 e. The Balaban J connectivity index is 1.61. The summed E-state index contributed by atoms with van der Waals surface area (Å²) in [6, 6.07) is 9.91. The van der Waals surface area contributed by atoms with Crippen molar-refractivity contribution < 1.29 is 9.59 Å². The average molecular weight is 492 g/mol. The van der Waals surface area contributed by atoms with E-state index >= 15 is 0 Å². The zero-order chi connectivity index (χ0) is 21.5. The topological polar surface area (TPSA) is 43.9 Å². The maximum absolute atomic E-state index is 13.1. The van der Waals surface area contributed by atoms with Crippen LogP contribution in [0.15, 0.2) is 40.2 Å². The van der Waals surface area contributed by atoms with Crippen molar-refractivity contribution in [1.82, 2.24) is 9.80 Å². The lowest BCUT2D eigenvalue weighted by Crippen LogP contribution is -2.40. The Morgan fingerprint density at radius 2 is 1.93 bits per heavy atom. The Morgan fingerprint density at radius 1 is 1.13 bits per heavy atom. The SMILES string of the molecule is CCN(CC)CCN(C(=O)CCC(=O)N1CCc2sccc2C1)c1cccc(Br)c1. The number of anilines is 1. The minimum absolute atomic E-state index is 0.00170. The third-order valence-electron chi connectivity index (χ3n) is 5.67. The maximum Gasteiger partial charge on any atom is 0.227 e. The highest BCUT2D eigenvalue weighted by Gasteiger charge is 2.23. The molecule has 0 saturated heterocycles. The molecular formula is C23H30BrN3O2S. The predicted molar refractivity (Wildman–Crippen MR) is 127 cm³/mol. The first-order chi connectivity index (χ1) is 14.5. The maximum atomic E-state index is 13.1. The molecule has 0 bridgehead atoms. The van der Waals surface area contributed by atoms with Gasteiger partial charge in [0.1, 0.15) is 0 Å². The molecule has 0 saturated carbocycles. The van der Waals surface area contributed by atoms with Crippen molar-refractivity contribution in [2.75, 3.05) is 37.6 Å². The highest BCUT2D eigenvalue weighted by molar-refractivity contribution is 9.10. The van der Waals surface area contributed by atoms with Gasteiger partial charge in [0.25, 0.3) is 0 Å². The number of amides is 2. The van der Waals surface area contributed by atoms with Crippen LogP contribution in [-0.2, 0) is 22.6 Å². The van der Waals surface area contributed by atoms with Crippen LogP contribution in [0.1, 0.15) is 37.1 Å². The van der Waals surface area contributed by atoms with Crippen LogP contribution in [-0.4, -0.2) is 54.3 Å². The smallest absolute Gasteiger partial charge is 0.227 e. The van der Waals surface area contributed by atoms with Gasteiger partial charge in [-0.05, 0) is 54.7 Å². The Labute approximate surface area is 191 Å². The quantitative estimate of drug-likeness (QED) is 0.516. The van der Waals surface area contributed by atoms with Gasteiger partial charge in [-0.15, -0.1) is 11.3 Å². The van der Waals surface area contributed by atoms with Crippen LogP contribution < -0.4 is 4.90 Å². The second kappa shape index (κ2) is 11.1. The molecule has 5 nitrogen and oxygen atoms in total. The van der Waals surface area contributed by atoms with E-state index in [1.54, 1.807) is 11.3 Å². The normalized spacial score (nSPS) is 13.4. The van der Waals surface area contributed by atoms with Crippen LogP contribution in [0.2, 0.25) is 0 Å². The monoisotopic (exact) mass is 491 g/mol. The number of thiophene rings is 1. The van der Waals surface area contributed by atoms with Gasteiger partial charge in [-0.3, -0.25) is 9.59 Å². The average Bonchev–Trinajstić information content (AvgIpc) is 3.23. The molecule has 1 aliphatic rings. The summed E-state index contributed by atoms with van der Waals surface area (Å²) in [6.07, 6.45) is 1.41. The Bertz CT molecular complexity index is 866. The predicted octanol–water partition coefficient (Wildman–Crippen LogP) is 4.55. The fourth-order valence-corrected chi connectivity index (χ4v) is 5.07. The molecule has 0 unspecified atom stereocenters. The van der Waals surface area contributed by atoms with Crippen molar-refractivity contribution in [3.8, 4) is 0 Å². The van der Waals surface area contributed by atoms with E-state index in [0.29, 0.717) is 13.1 Å². The van der Waals surface area contributed by atoms with Crippen LogP contribution in [0.25, 0.3) is 0 Å². The molecule has 0 fully saturated rings. The van der Waals surface area contributed by atoms with Gasteiger partial charge < -0.3 is 14.7 Å². The second-order valence-electron chi connectivity index (χ2n) is 7.49. The summed E-state index contributed by atoms with van der Waals surface area (Å²) >= 11 is 5.27. The molecule has 0 radical (unpaired) electrons. The number of carbonyl (C=O) groups excluding carboxylic acids is 2. The molecule has 7 heteroatoms. The first-order valence-corrected chi connectivity index (χ1v) is 12.3. The van der Waals surface area contributed by atoms with Gasteiger partial charge >= 0.3 is 0 Å². The zero-order valence-electron chi connectivity index (χ0n) is 17.8. The fourth-order valence-electron chi connectivity index (χ4n) is 3.79. The largest absolute Gasteiger partial charge is 0.338 e. The van der Waals surface area contributed by atoms with Gasteiger partial charge in [0.05, 0.1) is 0 Å². The van der Waals surface area contributed by atoms with E-state index in [-0.39, 0.29) is 24.7 Å². The van der Waals surface area contributed by atoms with E-state index < -0.39 is 0 Å². The van der Waals surface area contributed by atoms with Gasteiger partial charge in [-0.25, -0.2) is 0 Å². The van der Waals surface area contributed by atoms with Crippen molar-refractivity contribution in [3.63, 3.8) is 0 Å². The minimum atomic E-state index is 0.00170. The standard InChI is InChI=1S/C23H30BrN3O2S/c1-3-25(4-2)13-14-27(20-7-5-6-19(24)16-20)23(29)9-8-22(28)26-12-10-21-18(17-26)11-15-30-21/h5-7,11,15-16H,3-4,8-10,12-14,17H2,1-2H3. The Kier molecular flexibility index (Phi) is 8.48. The Hall–Kier alpha value is -1.70. The molecule has 162 valence electrons. The summed E-state index contributed by atoms with van der Waals surface area (Å²) in [4.78, 5) is 33.3. The second-order valence-corrected chi connectivity index (χ2v) is 9.40. The summed E-state index contributed by atoms with van der Waals surface area (Å²) in [5.74, 6) is 0.0694. The van der Waals surface area contributed by atoms with Crippen molar-refractivity contribution in [2.45, 2.75) is 39.7 Å². The number of fused-ring (bicyclic) bond motifs is 1. The molecule has 3 rings (SSSR count). The number of halogens is 1. The van der Waals surface area contributed by atoms with Gasteiger partial charge in [-0.1, -0.05) is 35.8 Å². The highest BCUT2D eigenvalue weighted by atomic mass is 79.9. The summed E-state index contributed by atoms with van der Waals surface area (Å²) in [5, 5.41) is 2.09. The number of nitrogens with zero attached hydrogens (tertiary/aromatic N) is 3. The van der Waals surface area contributed by atoms with Crippen LogP contribution in [0.4, 0.5) is 5.69 Å². The van der Waals surface area contributed by atoms with Crippen molar-refractivity contribution >= 4 is 44.8 Å². The van der Waals surface area contributed by atoms with Gasteiger partial charge in [0.2, 0.25) is 11.8 Å². The van der Waals surface area contributed by atoms with E-state index in [1.165, 1.54) is 10.4 Å². The lowest BCUT2D eigenvalue weighted by molar-refractivity contribution is -0.134. The van der Waals surface area contributed by atoms with Crippen LogP contribution >= 0.6 is 27.3 Å². The third-order valence-corrected chi connectivity index (χ3v) is 7.18. The zero-order valence-corrected chi connectivity index (χ0v) is 20.2. The number of benzene rings is 1. The van der Waals surface area contributed by atoms with E-state index in [1.807, 2.05) is 34.1 Å². The van der Waals surface area contributed by atoms with Crippen molar-refractivity contribution in [2.24, 2.45) is 0 Å². The lowest BCUT2D eigenvalue weighted by atomic mass is 10.1. The fraction of sp³-hybridized carbons (Fsp3) is 0.478. The van der Waals surface area contributed by atoms with Crippen LogP contribution in [0, 0.1) is 0 Å². The summed E-state index contributed by atoms with van der Waals surface area (Å²) in [7, 11) is 0. The molecule has 0 spiro atoms. The summed E-state index contributed by atoms with van der Waals surface area (Å²) < 4.78 is 0.941. The van der Waals surface area contributed by atoms with Gasteiger partial charge in [-0.2, -0.15) is 0 Å². The number of carbonyl (C=O) groups is 2. The van der Waals surface area contributed by atoms with E-state index in [9.17, 15) is 9.59 Å². The molecule has 0 aliphatic carbocycles. The highest BCUT2D eigenvalue weighted by Crippen LogP contribution is 2.25. The number of hydrogen-bond acceptors (Lipinski definition) is 4. The first kappa shape index (κ1) is 23.0. The van der Waals surface area contributed by atoms with Crippen LogP contribution in [0.5, 0.6) is 0 Å². The Morgan fingerprint density at radius 3 is 2.67 bits per heavy atom. The molecular weight excluding hydrogens is 462 g/mol. The van der Waals surface area contributed by atoms with Gasteiger partial charge in [0, 0.05) is 54.1 Å². The third kappa shape index (κ3) is 5.93. The molecule has 0 atom stereocenters. The van der Waals surface area contributed by atoms with Crippen molar-refractivity contribution in [1.29, 1.82) is 0 Å². The first-order valence-electron chi connectivity index (χ1n) is 10.6. The van der Waals surface area contributed by atoms with Crippen LogP contribution in [0.3, 0.4) is 0 Å². The van der Waals surface area contributed by atoms with Gasteiger partial charge in [0.15, 0.2) is 0 Å². The number of hydrogen-bond donors (Lipinski definition) is 0. The van der Waals surface area contributed by atoms with E-state index in [4.69, 9.17) is 0 Å².